The van der Waals surface area contributed by atoms with Crippen LogP contribution in [0.4, 0.5) is 5.69 Å². The van der Waals surface area contributed by atoms with Crippen LogP contribution in [-0.4, -0.2) is 27.7 Å². The second kappa shape index (κ2) is 4.31. The third kappa shape index (κ3) is 1.98. The molecule has 98 valence electrons. The van der Waals surface area contributed by atoms with Gasteiger partial charge in [0.1, 0.15) is 11.0 Å². The van der Waals surface area contributed by atoms with Crippen LogP contribution < -0.4 is 11.1 Å². The molecule has 6 heteroatoms. The number of imide groups is 1. The highest BCUT2D eigenvalue weighted by molar-refractivity contribution is 7.80. The molecule has 5 nitrogen and oxygen atoms in total. The molecule has 1 aromatic carbocycles. The number of nitrogens with two attached hydrogens (primary N) is 1. The summed E-state index contributed by atoms with van der Waals surface area (Å²) in [6.45, 7) is 0.598. The molecule has 0 radical (unpaired) electrons. The van der Waals surface area contributed by atoms with Gasteiger partial charge < -0.3 is 10.6 Å². The van der Waals surface area contributed by atoms with Gasteiger partial charge in [-0.2, -0.15) is 0 Å². The molecule has 1 saturated heterocycles. The Morgan fingerprint density at radius 2 is 2.16 bits per heavy atom. The third-order valence-corrected chi connectivity index (χ3v) is 4.01. The van der Waals surface area contributed by atoms with E-state index in [0.29, 0.717) is 30.1 Å². The quantitative estimate of drug-likeness (QED) is 0.445. The summed E-state index contributed by atoms with van der Waals surface area (Å²) in [6.07, 6.45) is 0.863. The van der Waals surface area contributed by atoms with E-state index in [4.69, 9.17) is 18.0 Å². The van der Waals surface area contributed by atoms with E-state index in [0.717, 1.165) is 11.1 Å². The number of rotatable bonds is 1. The molecule has 19 heavy (non-hydrogen) atoms. The number of nitrogens with one attached hydrogen (secondary N) is 1. The lowest BCUT2D eigenvalue weighted by Gasteiger charge is -2.30. The van der Waals surface area contributed by atoms with Crippen LogP contribution in [0.1, 0.15) is 24.0 Å². The Kier molecular flexibility index (Phi) is 2.74. The molecule has 0 bridgehead atoms. The van der Waals surface area contributed by atoms with Crippen molar-refractivity contribution in [1.29, 1.82) is 0 Å². The Hall–Kier alpha value is -1.95. The molecule has 1 fully saturated rings. The molecule has 0 saturated carbocycles. The first-order chi connectivity index (χ1) is 9.06. The zero-order chi connectivity index (χ0) is 13.6. The number of hydrogen-bond acceptors (Lipinski definition) is 4. The Balaban J connectivity index is 1.88. The summed E-state index contributed by atoms with van der Waals surface area (Å²) in [6, 6.07) is 5.24. The fourth-order valence-electron chi connectivity index (χ4n) is 2.57. The largest absolute Gasteiger partial charge is 0.399 e. The highest BCUT2D eigenvalue weighted by atomic mass is 32.1. The van der Waals surface area contributed by atoms with E-state index in [1.165, 1.54) is 0 Å². The fourth-order valence-corrected chi connectivity index (χ4v) is 2.95. The molecule has 2 heterocycles. The van der Waals surface area contributed by atoms with E-state index in [1.807, 2.05) is 23.1 Å². The second-order valence-corrected chi connectivity index (χ2v) is 5.20. The predicted octanol–water partition coefficient (Wildman–Crippen LogP) is 0.565. The first-order valence-electron chi connectivity index (χ1n) is 6.09. The van der Waals surface area contributed by atoms with Crippen molar-refractivity contribution in [2.75, 3.05) is 5.73 Å². The minimum Gasteiger partial charge on any atom is -0.399 e. The van der Waals surface area contributed by atoms with Crippen LogP contribution in [0.5, 0.6) is 0 Å². The topological polar surface area (TPSA) is 75.4 Å². The van der Waals surface area contributed by atoms with Crippen molar-refractivity contribution in [3.05, 3.63) is 29.3 Å². The highest BCUT2D eigenvalue weighted by Crippen LogP contribution is 2.29. The van der Waals surface area contributed by atoms with E-state index in [9.17, 15) is 9.59 Å². The number of amides is 2. The smallest absolute Gasteiger partial charge is 0.249 e. The van der Waals surface area contributed by atoms with Gasteiger partial charge in [-0.1, -0.05) is 18.3 Å². The Morgan fingerprint density at radius 3 is 2.89 bits per heavy atom. The summed E-state index contributed by atoms with van der Waals surface area (Å²) in [4.78, 5) is 25.6. The molecule has 2 aliphatic rings. The van der Waals surface area contributed by atoms with Gasteiger partial charge in [0.15, 0.2) is 0 Å². The molecular formula is C13H13N3O2S. The van der Waals surface area contributed by atoms with Crippen LogP contribution in [0.2, 0.25) is 0 Å². The van der Waals surface area contributed by atoms with Gasteiger partial charge in [-0.25, -0.2) is 0 Å². The fraction of sp³-hybridized carbons (Fsp3) is 0.308. The lowest BCUT2D eigenvalue weighted by molar-refractivity contribution is -0.136. The number of carbonyl (C=O) groups excluding carboxylic acids is 2. The number of thiocarbonyl (C=S) groups is 1. The predicted molar refractivity (Wildman–Crippen MR) is 74.3 cm³/mol. The van der Waals surface area contributed by atoms with Crippen molar-refractivity contribution in [2.45, 2.75) is 25.4 Å². The molecule has 2 amide bonds. The van der Waals surface area contributed by atoms with Crippen LogP contribution in [0.3, 0.4) is 0 Å². The molecule has 1 atom stereocenters. The van der Waals surface area contributed by atoms with Crippen molar-refractivity contribution in [3.8, 4) is 0 Å². The number of nitrogens with zero attached hydrogens (tertiary/aromatic N) is 1. The van der Waals surface area contributed by atoms with E-state index in [-0.39, 0.29) is 17.9 Å². The van der Waals surface area contributed by atoms with E-state index in [1.54, 1.807) is 0 Å². The number of piperidine rings is 1. The highest BCUT2D eigenvalue weighted by Gasteiger charge is 2.36. The first-order valence-corrected chi connectivity index (χ1v) is 6.50. The average molecular weight is 275 g/mol. The van der Waals surface area contributed by atoms with Crippen molar-refractivity contribution in [3.63, 3.8) is 0 Å². The van der Waals surface area contributed by atoms with Crippen LogP contribution in [0, 0.1) is 0 Å². The summed E-state index contributed by atoms with van der Waals surface area (Å²) in [5.41, 5.74) is 8.41. The summed E-state index contributed by atoms with van der Waals surface area (Å²) in [7, 11) is 0. The number of nitrogen functional groups attached to an aromatic ring is 1. The van der Waals surface area contributed by atoms with Gasteiger partial charge in [-0.05, 0) is 24.1 Å². The van der Waals surface area contributed by atoms with Gasteiger partial charge in [0.05, 0.1) is 0 Å². The molecule has 1 aromatic rings. The summed E-state index contributed by atoms with van der Waals surface area (Å²) >= 11 is 5.42. The minimum atomic E-state index is -0.362. The summed E-state index contributed by atoms with van der Waals surface area (Å²) < 4.78 is 0. The number of anilines is 1. The molecule has 1 unspecified atom stereocenters. The van der Waals surface area contributed by atoms with Crippen LogP contribution in [-0.2, 0) is 16.1 Å². The summed E-state index contributed by atoms with van der Waals surface area (Å²) in [5.74, 6) is -0.479. The lowest BCUT2D eigenvalue weighted by atomic mass is 10.0. The zero-order valence-electron chi connectivity index (χ0n) is 10.2. The summed E-state index contributed by atoms with van der Waals surface area (Å²) in [5, 5.41) is 2.36. The number of benzene rings is 1. The normalized spacial score (nSPS) is 22.4. The molecule has 0 aliphatic carbocycles. The van der Waals surface area contributed by atoms with Crippen molar-refractivity contribution in [1.82, 2.24) is 10.2 Å². The van der Waals surface area contributed by atoms with Crippen molar-refractivity contribution < 1.29 is 9.59 Å². The standard InChI is InChI=1S/C13H13N3O2S/c14-8-2-1-7-6-16(13(19)9(7)5-8)10-3-4-11(17)15-12(10)18/h1-2,5,10H,3-4,6,14H2,(H,15,17,18). The maximum atomic E-state index is 11.9. The maximum absolute atomic E-state index is 11.9. The first kappa shape index (κ1) is 12.1. The van der Waals surface area contributed by atoms with Crippen molar-refractivity contribution >= 4 is 34.7 Å². The van der Waals surface area contributed by atoms with Gasteiger partial charge in [0.25, 0.3) is 0 Å². The van der Waals surface area contributed by atoms with E-state index in [2.05, 4.69) is 5.32 Å². The number of carbonyl (C=O) groups is 2. The molecule has 0 spiro atoms. The van der Waals surface area contributed by atoms with Gasteiger partial charge in [0.2, 0.25) is 11.8 Å². The molecule has 3 rings (SSSR count). The third-order valence-electron chi connectivity index (χ3n) is 3.55. The van der Waals surface area contributed by atoms with Gasteiger partial charge in [-0.3, -0.25) is 14.9 Å². The lowest BCUT2D eigenvalue weighted by Crippen LogP contribution is -2.52. The van der Waals surface area contributed by atoms with Crippen molar-refractivity contribution in [2.24, 2.45) is 0 Å². The van der Waals surface area contributed by atoms with Gasteiger partial charge in [-0.15, -0.1) is 0 Å². The maximum Gasteiger partial charge on any atom is 0.249 e. The van der Waals surface area contributed by atoms with Crippen LogP contribution >= 0.6 is 12.2 Å². The van der Waals surface area contributed by atoms with Crippen LogP contribution in [0.25, 0.3) is 0 Å². The average Bonchev–Trinajstić information content (AvgIpc) is 2.67. The second-order valence-electron chi connectivity index (χ2n) is 4.82. The molecule has 0 aromatic heterocycles. The Morgan fingerprint density at radius 1 is 1.37 bits per heavy atom. The minimum absolute atomic E-state index is 0.215. The monoisotopic (exact) mass is 275 g/mol. The molecule has 2 aliphatic heterocycles. The van der Waals surface area contributed by atoms with Gasteiger partial charge >= 0.3 is 0 Å². The van der Waals surface area contributed by atoms with Crippen LogP contribution in [0.15, 0.2) is 18.2 Å². The Bertz CT molecular complexity index is 600. The van der Waals surface area contributed by atoms with Gasteiger partial charge in [0, 0.05) is 24.2 Å². The van der Waals surface area contributed by atoms with E-state index < -0.39 is 0 Å². The molecule has 3 N–H and O–H groups in total. The number of fused-ring (bicyclic) bond motifs is 1. The zero-order valence-corrected chi connectivity index (χ0v) is 11.0. The SMILES string of the molecule is Nc1ccc2c(c1)C(=S)N(C1CCC(=O)NC1=O)C2. The molecular weight excluding hydrogens is 262 g/mol. The number of hydrogen-bond donors (Lipinski definition) is 2. The van der Waals surface area contributed by atoms with E-state index >= 15 is 0 Å². The Labute approximate surface area is 115 Å².